The van der Waals surface area contributed by atoms with Crippen LogP contribution in [0.15, 0.2) is 29.2 Å². The van der Waals surface area contributed by atoms with Crippen LogP contribution in [0.4, 0.5) is 0 Å². The van der Waals surface area contributed by atoms with Gasteiger partial charge in [-0.1, -0.05) is 13.8 Å². The number of amides is 1. The molecule has 0 spiro atoms. The highest BCUT2D eigenvalue weighted by molar-refractivity contribution is 7.89. The second-order valence-corrected chi connectivity index (χ2v) is 8.29. The fourth-order valence-electron chi connectivity index (χ4n) is 2.90. The molecule has 1 aliphatic rings. The van der Waals surface area contributed by atoms with E-state index in [1.165, 1.54) is 31.3 Å². The lowest BCUT2D eigenvalue weighted by molar-refractivity contribution is 0.00672. The van der Waals surface area contributed by atoms with E-state index in [1.54, 1.807) is 0 Å². The lowest BCUT2D eigenvalue weighted by Crippen LogP contribution is -2.51. The zero-order valence-corrected chi connectivity index (χ0v) is 15.8. The van der Waals surface area contributed by atoms with Crippen LogP contribution < -0.4 is 10.0 Å². The lowest BCUT2D eigenvalue weighted by atomic mass is 10.0. The number of rotatable bonds is 7. The first kappa shape index (κ1) is 19.8. The maximum Gasteiger partial charge on any atom is 0.251 e. The van der Waals surface area contributed by atoms with E-state index in [1.807, 2.05) is 0 Å². The maximum absolute atomic E-state index is 12.4. The molecule has 0 radical (unpaired) electrons. The molecule has 7 nitrogen and oxygen atoms in total. The molecule has 0 bridgehead atoms. The number of carbonyl (C=O) groups excluding carboxylic acids is 1. The van der Waals surface area contributed by atoms with Crippen LogP contribution in [0.3, 0.4) is 0 Å². The zero-order chi connectivity index (χ0) is 18.4. The highest BCUT2D eigenvalue weighted by atomic mass is 32.2. The molecule has 0 aromatic heterocycles. The van der Waals surface area contributed by atoms with Crippen LogP contribution in [0, 0.1) is 5.92 Å². The Bertz CT molecular complexity index is 668. The normalized spacial score (nSPS) is 17.4. The molecule has 1 heterocycles. The third-order valence-electron chi connectivity index (χ3n) is 4.45. The van der Waals surface area contributed by atoms with Gasteiger partial charge in [0, 0.05) is 31.2 Å². The average molecular weight is 369 g/mol. The molecule has 1 aliphatic heterocycles. The summed E-state index contributed by atoms with van der Waals surface area (Å²) in [5, 5.41) is 2.96. The summed E-state index contributed by atoms with van der Waals surface area (Å²) in [5.74, 6) is 0.203. The minimum Gasteiger partial charge on any atom is -0.379 e. The quantitative estimate of drug-likeness (QED) is 0.738. The van der Waals surface area contributed by atoms with Crippen molar-refractivity contribution in [2.45, 2.75) is 24.8 Å². The summed E-state index contributed by atoms with van der Waals surface area (Å²) in [6.07, 6.45) is 0. The number of hydrogen-bond donors (Lipinski definition) is 2. The smallest absolute Gasteiger partial charge is 0.251 e. The van der Waals surface area contributed by atoms with Gasteiger partial charge in [0.1, 0.15) is 0 Å². The molecule has 1 aromatic rings. The van der Waals surface area contributed by atoms with Crippen LogP contribution in [0.25, 0.3) is 0 Å². The van der Waals surface area contributed by atoms with Crippen LogP contribution in [-0.4, -0.2) is 65.2 Å². The molecular weight excluding hydrogens is 342 g/mol. The highest BCUT2D eigenvalue weighted by Gasteiger charge is 2.24. The second-order valence-electron chi connectivity index (χ2n) is 6.40. The van der Waals surface area contributed by atoms with E-state index in [-0.39, 0.29) is 16.8 Å². The Morgan fingerprint density at radius 2 is 1.80 bits per heavy atom. The van der Waals surface area contributed by atoms with Crippen molar-refractivity contribution >= 4 is 15.9 Å². The number of sulfonamides is 1. The van der Waals surface area contributed by atoms with Gasteiger partial charge in [0.2, 0.25) is 10.0 Å². The Balaban J connectivity index is 1.98. The van der Waals surface area contributed by atoms with Crippen molar-refractivity contribution in [3.63, 3.8) is 0 Å². The minimum atomic E-state index is -3.49. The molecule has 140 valence electrons. The number of morpholine rings is 1. The Kier molecular flexibility index (Phi) is 6.95. The Morgan fingerprint density at radius 3 is 2.32 bits per heavy atom. The fourth-order valence-corrected chi connectivity index (χ4v) is 3.63. The number of carbonyl (C=O) groups is 1. The number of nitrogens with zero attached hydrogens (tertiary/aromatic N) is 1. The van der Waals surface area contributed by atoms with Gasteiger partial charge in [0.25, 0.3) is 5.91 Å². The van der Waals surface area contributed by atoms with Crippen molar-refractivity contribution in [2.24, 2.45) is 5.92 Å². The van der Waals surface area contributed by atoms with E-state index in [4.69, 9.17) is 4.74 Å². The Labute approximate surface area is 149 Å². The van der Waals surface area contributed by atoms with Gasteiger partial charge in [-0.15, -0.1) is 0 Å². The van der Waals surface area contributed by atoms with Gasteiger partial charge in [-0.2, -0.15) is 0 Å². The van der Waals surface area contributed by atoms with E-state index in [0.29, 0.717) is 18.0 Å². The van der Waals surface area contributed by atoms with Crippen LogP contribution >= 0.6 is 0 Å². The Morgan fingerprint density at radius 1 is 1.20 bits per heavy atom. The summed E-state index contributed by atoms with van der Waals surface area (Å²) in [5.41, 5.74) is 0.444. The standard InChI is InChI=1S/C17H27N3O4S/c1-13(2)16(20-8-10-24-11-9-20)12-19-17(21)14-4-6-15(7-5-14)25(22,23)18-3/h4-7,13,16,18H,8-12H2,1-3H3,(H,19,21)/t16-/m1/s1. The molecule has 2 rings (SSSR count). The number of benzene rings is 1. The van der Waals surface area contributed by atoms with Crippen molar-refractivity contribution < 1.29 is 17.9 Å². The van der Waals surface area contributed by atoms with Crippen LogP contribution in [-0.2, 0) is 14.8 Å². The van der Waals surface area contributed by atoms with E-state index >= 15 is 0 Å². The summed E-state index contributed by atoms with van der Waals surface area (Å²) >= 11 is 0. The summed E-state index contributed by atoms with van der Waals surface area (Å²) in [4.78, 5) is 14.8. The minimum absolute atomic E-state index is 0.139. The predicted molar refractivity (Wildman–Crippen MR) is 96.0 cm³/mol. The summed E-state index contributed by atoms with van der Waals surface area (Å²) < 4.78 is 31.1. The van der Waals surface area contributed by atoms with Gasteiger partial charge < -0.3 is 10.1 Å². The molecular formula is C17H27N3O4S. The molecule has 8 heteroatoms. The number of ether oxygens (including phenoxy) is 1. The van der Waals surface area contributed by atoms with Gasteiger partial charge in [0.05, 0.1) is 18.1 Å². The second kappa shape index (κ2) is 8.75. The number of hydrogen-bond acceptors (Lipinski definition) is 5. The van der Waals surface area contributed by atoms with E-state index in [2.05, 4.69) is 28.8 Å². The summed E-state index contributed by atoms with van der Waals surface area (Å²) in [6.45, 7) is 8.02. The third-order valence-corrected chi connectivity index (χ3v) is 5.88. The van der Waals surface area contributed by atoms with Crippen LogP contribution in [0.1, 0.15) is 24.2 Å². The molecule has 1 atom stereocenters. The number of nitrogens with one attached hydrogen (secondary N) is 2. The van der Waals surface area contributed by atoms with E-state index in [9.17, 15) is 13.2 Å². The molecule has 0 saturated carbocycles. The van der Waals surface area contributed by atoms with Gasteiger partial charge in [0.15, 0.2) is 0 Å². The average Bonchev–Trinajstić information content (AvgIpc) is 2.62. The molecule has 0 unspecified atom stereocenters. The third kappa shape index (κ3) is 5.24. The van der Waals surface area contributed by atoms with E-state index in [0.717, 1.165) is 26.3 Å². The van der Waals surface area contributed by atoms with Gasteiger partial charge in [-0.3, -0.25) is 9.69 Å². The van der Waals surface area contributed by atoms with Crippen molar-refractivity contribution in [3.05, 3.63) is 29.8 Å². The van der Waals surface area contributed by atoms with Crippen molar-refractivity contribution in [2.75, 3.05) is 39.9 Å². The Hall–Kier alpha value is -1.48. The van der Waals surface area contributed by atoms with Gasteiger partial charge in [-0.25, -0.2) is 13.1 Å². The van der Waals surface area contributed by atoms with Crippen molar-refractivity contribution in [3.8, 4) is 0 Å². The zero-order valence-electron chi connectivity index (χ0n) is 15.0. The predicted octanol–water partition coefficient (Wildman–Crippen LogP) is 0.681. The first-order valence-electron chi connectivity index (χ1n) is 8.48. The van der Waals surface area contributed by atoms with Crippen molar-refractivity contribution in [1.29, 1.82) is 0 Å². The molecule has 1 saturated heterocycles. The first-order valence-corrected chi connectivity index (χ1v) is 9.97. The topological polar surface area (TPSA) is 87.7 Å². The monoisotopic (exact) mass is 369 g/mol. The molecule has 1 amide bonds. The molecule has 2 N–H and O–H groups in total. The fraction of sp³-hybridized carbons (Fsp3) is 0.588. The SMILES string of the molecule is CNS(=O)(=O)c1ccc(C(=O)NC[C@H](C(C)C)N2CCOCC2)cc1. The van der Waals surface area contributed by atoms with Crippen LogP contribution in [0.5, 0.6) is 0 Å². The van der Waals surface area contributed by atoms with Crippen LogP contribution in [0.2, 0.25) is 0 Å². The molecule has 1 aromatic carbocycles. The largest absolute Gasteiger partial charge is 0.379 e. The van der Waals surface area contributed by atoms with Gasteiger partial charge in [-0.05, 0) is 37.2 Å². The molecule has 1 fully saturated rings. The highest BCUT2D eigenvalue weighted by Crippen LogP contribution is 2.13. The summed E-state index contributed by atoms with van der Waals surface area (Å²) in [7, 11) is -2.14. The van der Waals surface area contributed by atoms with Gasteiger partial charge >= 0.3 is 0 Å². The maximum atomic E-state index is 12.4. The summed E-state index contributed by atoms with van der Waals surface area (Å²) in [6, 6.07) is 6.17. The van der Waals surface area contributed by atoms with Crippen molar-refractivity contribution in [1.82, 2.24) is 14.9 Å². The first-order chi connectivity index (χ1) is 11.8. The molecule has 25 heavy (non-hydrogen) atoms. The van der Waals surface area contributed by atoms with E-state index < -0.39 is 10.0 Å². The molecule has 0 aliphatic carbocycles. The lowest BCUT2D eigenvalue weighted by Gasteiger charge is -2.36.